The number of hydrogen-bond donors (Lipinski definition) is 0. The maximum atomic E-state index is 3.81. The predicted molar refractivity (Wildman–Crippen MR) is 43.9 cm³/mol. The van der Waals surface area contributed by atoms with Gasteiger partial charge < -0.3 is 23.9 Å². The first-order chi connectivity index (χ1) is 3.06. The van der Waals surface area contributed by atoms with Crippen LogP contribution in [0.1, 0.15) is 6.42 Å². The molecule has 0 saturated heterocycles. The topological polar surface area (TPSA) is 0 Å². The molecule has 0 nitrogen and oxygen atoms in total. The molecule has 0 rings (SSSR count). The number of halogens is 1. The molecule has 0 unspecified atom stereocenters. The molecule has 0 aromatic rings. The van der Waals surface area contributed by atoms with E-state index in [0.29, 0.717) is 0 Å². The Kier molecular flexibility index (Phi) is 14.1. The molecule has 0 fully saturated rings. The molecule has 0 aromatic heterocycles. The normalized spacial score (nSPS) is 9.33. The largest absolute Gasteiger partial charge is 2.00 e. The fourth-order valence-electron chi connectivity index (χ4n) is 0.530. The zero-order chi connectivity index (χ0) is 5.91. The minimum Gasteiger partial charge on any atom is -1.00 e. The Bertz CT molecular complexity index is 51.5. The van der Waals surface area contributed by atoms with Crippen LogP contribution in [-0.2, 0) is 0 Å². The first-order valence-electron chi connectivity index (χ1n) is 2.85. The molecule has 0 heterocycles. The van der Waals surface area contributed by atoms with E-state index in [1.54, 1.807) is 0 Å². The Morgan fingerprint density at radius 2 is 1.56 bits per heavy atom. The fraction of sp³-hybridized carbons (Fsp3) is 0.833. The van der Waals surface area contributed by atoms with Crippen molar-refractivity contribution < 1.29 is 17.0 Å². The summed E-state index contributed by atoms with van der Waals surface area (Å²) in [6.45, 7) is 10.9. The molecule has 0 radical (unpaired) electrons. The number of rotatable bonds is 2. The molecule has 52 valence electrons. The second-order valence-corrected chi connectivity index (χ2v) is 8.79. The third-order valence-electron chi connectivity index (χ3n) is 0.927. The molecule has 0 atom stereocenters. The number of hydrogen-bond acceptors (Lipinski definition) is 0. The van der Waals surface area contributed by atoms with E-state index in [1.807, 2.05) is 0 Å². The standard InChI is InChI=1S/C6H15Si.BrH.Mg/c1-5-6-7(2,3)4;;/h1,5-6H2,2-4H3;1H;/q-1;;+2/p-1. The van der Waals surface area contributed by atoms with Gasteiger partial charge in [0.05, 0.1) is 0 Å². The zero-order valence-electron chi connectivity index (χ0n) is 6.71. The maximum absolute atomic E-state index is 3.81. The van der Waals surface area contributed by atoms with Gasteiger partial charge in [-0.1, -0.05) is 25.7 Å². The summed E-state index contributed by atoms with van der Waals surface area (Å²) in [5.41, 5.74) is 0. The van der Waals surface area contributed by atoms with Crippen molar-refractivity contribution in [3.8, 4) is 0 Å². The van der Waals surface area contributed by atoms with Crippen LogP contribution in [0.4, 0.5) is 0 Å². The first kappa shape index (κ1) is 16.8. The van der Waals surface area contributed by atoms with Gasteiger partial charge >= 0.3 is 23.1 Å². The van der Waals surface area contributed by atoms with E-state index < -0.39 is 8.07 Å². The summed E-state index contributed by atoms with van der Waals surface area (Å²) < 4.78 is 0. The summed E-state index contributed by atoms with van der Waals surface area (Å²) in [5, 5.41) is 0. The predicted octanol–water partition coefficient (Wildman–Crippen LogP) is -0.828. The second kappa shape index (κ2) is 7.57. The Morgan fingerprint density at radius 1 is 1.22 bits per heavy atom. The summed E-state index contributed by atoms with van der Waals surface area (Å²) in [6, 6.07) is 1.37. The van der Waals surface area contributed by atoms with E-state index in [0.717, 1.165) is 6.42 Å². The first-order valence-corrected chi connectivity index (χ1v) is 6.56. The van der Waals surface area contributed by atoms with Crippen molar-refractivity contribution in [2.45, 2.75) is 32.1 Å². The van der Waals surface area contributed by atoms with Crippen LogP contribution in [-0.4, -0.2) is 31.1 Å². The SMILES string of the molecule is [Br-].[CH2-]CC[Si](C)(C)C.[Mg+2]. The Labute approximate surface area is 86.7 Å². The van der Waals surface area contributed by atoms with Gasteiger partial charge in [-0.05, 0) is 0 Å². The van der Waals surface area contributed by atoms with Crippen molar-refractivity contribution in [2.75, 3.05) is 0 Å². The molecule has 9 heavy (non-hydrogen) atoms. The van der Waals surface area contributed by atoms with E-state index >= 15 is 0 Å². The fourth-order valence-corrected chi connectivity index (χ4v) is 1.59. The van der Waals surface area contributed by atoms with Crippen molar-refractivity contribution in [1.82, 2.24) is 0 Å². The van der Waals surface area contributed by atoms with Crippen LogP contribution in [0.25, 0.3) is 0 Å². The van der Waals surface area contributed by atoms with E-state index in [1.165, 1.54) is 6.04 Å². The van der Waals surface area contributed by atoms with Crippen LogP contribution in [0, 0.1) is 6.92 Å². The summed E-state index contributed by atoms with van der Waals surface area (Å²) in [4.78, 5) is 0. The second-order valence-electron chi connectivity index (χ2n) is 3.16. The smallest absolute Gasteiger partial charge is 1.00 e. The Balaban J connectivity index is -0.000000180. The molecule has 0 spiro atoms. The van der Waals surface area contributed by atoms with Crippen LogP contribution < -0.4 is 17.0 Å². The molecule has 0 bridgehead atoms. The third kappa shape index (κ3) is 17.7. The van der Waals surface area contributed by atoms with Crippen LogP contribution in [0.15, 0.2) is 0 Å². The summed E-state index contributed by atoms with van der Waals surface area (Å²) in [6.07, 6.45) is 1.12. The Morgan fingerprint density at radius 3 is 1.56 bits per heavy atom. The minimum absolute atomic E-state index is 0. The van der Waals surface area contributed by atoms with Gasteiger partial charge in [0.1, 0.15) is 0 Å². The van der Waals surface area contributed by atoms with Crippen molar-refractivity contribution in [3.63, 3.8) is 0 Å². The molecular weight excluding hydrogens is 204 g/mol. The molecule has 0 aliphatic heterocycles. The van der Waals surface area contributed by atoms with Crippen LogP contribution >= 0.6 is 0 Å². The quantitative estimate of drug-likeness (QED) is 0.420. The van der Waals surface area contributed by atoms with Gasteiger partial charge in [-0.3, -0.25) is 0 Å². The van der Waals surface area contributed by atoms with Crippen molar-refractivity contribution in [2.24, 2.45) is 0 Å². The molecule has 0 aliphatic rings. The summed E-state index contributed by atoms with van der Waals surface area (Å²) in [5.74, 6) is 0. The van der Waals surface area contributed by atoms with E-state index in [2.05, 4.69) is 26.6 Å². The van der Waals surface area contributed by atoms with E-state index in [4.69, 9.17) is 0 Å². The van der Waals surface area contributed by atoms with Gasteiger partial charge in [0.2, 0.25) is 0 Å². The molecule has 0 aliphatic carbocycles. The van der Waals surface area contributed by atoms with Gasteiger partial charge in [0, 0.05) is 8.07 Å². The van der Waals surface area contributed by atoms with Crippen molar-refractivity contribution >= 4 is 31.1 Å². The summed E-state index contributed by atoms with van der Waals surface area (Å²) in [7, 11) is -0.720. The van der Waals surface area contributed by atoms with Gasteiger partial charge in [0.25, 0.3) is 0 Å². The van der Waals surface area contributed by atoms with E-state index in [9.17, 15) is 0 Å². The molecular formula is C6H15BrMgSi. The van der Waals surface area contributed by atoms with Gasteiger partial charge in [-0.15, -0.1) is 0 Å². The maximum Gasteiger partial charge on any atom is 2.00 e. The van der Waals surface area contributed by atoms with Crippen molar-refractivity contribution in [3.05, 3.63) is 6.92 Å². The average molecular weight is 219 g/mol. The van der Waals surface area contributed by atoms with Crippen LogP contribution in [0.5, 0.6) is 0 Å². The van der Waals surface area contributed by atoms with E-state index in [-0.39, 0.29) is 40.0 Å². The van der Waals surface area contributed by atoms with Gasteiger partial charge in [0.15, 0.2) is 0 Å². The molecule has 0 amide bonds. The molecule has 0 aromatic carbocycles. The van der Waals surface area contributed by atoms with Crippen LogP contribution in [0.2, 0.25) is 25.7 Å². The van der Waals surface area contributed by atoms with Crippen LogP contribution in [0.3, 0.4) is 0 Å². The van der Waals surface area contributed by atoms with Crippen molar-refractivity contribution in [1.29, 1.82) is 0 Å². The molecule has 0 saturated carbocycles. The van der Waals surface area contributed by atoms with Gasteiger partial charge in [-0.2, -0.15) is 6.42 Å². The summed E-state index contributed by atoms with van der Waals surface area (Å²) >= 11 is 0. The molecule has 3 heteroatoms. The molecule has 0 N–H and O–H groups in total. The zero-order valence-corrected chi connectivity index (χ0v) is 10.7. The van der Waals surface area contributed by atoms with Gasteiger partial charge in [-0.25, -0.2) is 0 Å². The average Bonchev–Trinajstić information content (AvgIpc) is 1.30. The Hall–Kier alpha value is 1.46. The third-order valence-corrected chi connectivity index (χ3v) is 2.78. The monoisotopic (exact) mass is 218 g/mol. The minimum atomic E-state index is -0.720.